The van der Waals surface area contributed by atoms with Crippen molar-refractivity contribution in [3.05, 3.63) is 0 Å². The molecule has 0 aromatic carbocycles. The Morgan fingerprint density at radius 3 is 1.29 bits per heavy atom. The molecule has 2 unspecified atom stereocenters. The van der Waals surface area contributed by atoms with E-state index in [4.69, 9.17) is 12.3 Å². The van der Waals surface area contributed by atoms with Gasteiger partial charge in [0.2, 0.25) is 2.86 Å². The summed E-state index contributed by atoms with van der Waals surface area (Å²) in [5.41, 5.74) is -1.81. The smallest absolute Gasteiger partial charge is 0.214 e. The first-order valence-electron chi connectivity index (χ1n) is 5.54. The SMILES string of the molecule is [2H]OC1(C)OC(C)(C)C(C)(O[2H])OC1(C)C. The molecule has 0 spiro atoms. The van der Waals surface area contributed by atoms with E-state index in [0.29, 0.717) is 0 Å². The van der Waals surface area contributed by atoms with Crippen molar-refractivity contribution in [1.82, 2.24) is 0 Å². The van der Waals surface area contributed by atoms with E-state index in [0.717, 1.165) is 0 Å². The first-order chi connectivity index (χ1) is 7.04. The van der Waals surface area contributed by atoms with Gasteiger partial charge in [-0.2, -0.15) is 0 Å². The Kier molecular flexibility index (Phi) is 1.75. The summed E-state index contributed by atoms with van der Waals surface area (Å²) in [6, 6.07) is 0. The van der Waals surface area contributed by atoms with E-state index in [1.165, 1.54) is 0 Å². The van der Waals surface area contributed by atoms with Crippen molar-refractivity contribution in [2.45, 2.75) is 64.3 Å². The molecule has 0 bridgehead atoms. The largest absolute Gasteiger partial charge is 0.363 e. The van der Waals surface area contributed by atoms with E-state index >= 15 is 0 Å². The van der Waals surface area contributed by atoms with E-state index in [9.17, 15) is 0 Å². The molecule has 1 fully saturated rings. The Labute approximate surface area is 87.8 Å². The molecule has 1 rings (SSSR count). The van der Waals surface area contributed by atoms with Crippen LogP contribution in [0.5, 0.6) is 0 Å². The Hall–Kier alpha value is -0.160. The van der Waals surface area contributed by atoms with Crippen LogP contribution in [0.4, 0.5) is 0 Å². The summed E-state index contributed by atoms with van der Waals surface area (Å²) < 4.78 is 25.7. The molecule has 4 heteroatoms. The van der Waals surface area contributed by atoms with Crippen LogP contribution in [0.1, 0.15) is 41.5 Å². The highest BCUT2D eigenvalue weighted by Crippen LogP contribution is 2.44. The number of hydrogen-bond donors (Lipinski definition) is 2. The van der Waals surface area contributed by atoms with Crippen LogP contribution in [0, 0.1) is 0 Å². The molecule has 0 aromatic rings. The van der Waals surface area contributed by atoms with Gasteiger partial charge in [0.05, 0.1) is 0 Å². The van der Waals surface area contributed by atoms with Crippen LogP contribution >= 0.6 is 0 Å². The lowest BCUT2D eigenvalue weighted by atomic mass is 9.89. The van der Waals surface area contributed by atoms with Gasteiger partial charge in [0.1, 0.15) is 11.2 Å². The van der Waals surface area contributed by atoms with E-state index in [1.54, 1.807) is 41.5 Å². The number of aliphatic hydroxyl groups is 2. The van der Waals surface area contributed by atoms with Gasteiger partial charge in [-0.3, -0.25) is 0 Å². The highest BCUT2D eigenvalue weighted by Gasteiger charge is 2.59. The number of rotatable bonds is 2. The van der Waals surface area contributed by atoms with Crippen molar-refractivity contribution >= 4 is 0 Å². The summed E-state index contributed by atoms with van der Waals surface area (Å²) in [4.78, 5) is 0. The zero-order chi connectivity index (χ0) is 12.8. The van der Waals surface area contributed by atoms with Crippen molar-refractivity contribution in [2.24, 2.45) is 0 Å². The van der Waals surface area contributed by atoms with E-state index in [-0.39, 0.29) is 0 Å². The van der Waals surface area contributed by atoms with Crippen LogP contribution in [0.25, 0.3) is 0 Å². The highest BCUT2D eigenvalue weighted by molar-refractivity contribution is 4.98. The average Bonchev–Trinajstić information content (AvgIpc) is 2.14. The number of hydrogen-bond acceptors (Lipinski definition) is 4. The minimum absolute atomic E-state index is 0.903. The van der Waals surface area contributed by atoms with E-state index in [1.807, 2.05) is 0 Å². The third-order valence-corrected chi connectivity index (χ3v) is 3.09. The lowest BCUT2D eigenvalue weighted by molar-refractivity contribution is -0.465. The lowest BCUT2D eigenvalue weighted by Crippen LogP contribution is -2.70. The van der Waals surface area contributed by atoms with Gasteiger partial charge < -0.3 is 19.7 Å². The van der Waals surface area contributed by atoms with Crippen LogP contribution in [-0.2, 0) is 9.47 Å². The minimum atomic E-state index is -1.21. The fourth-order valence-electron chi connectivity index (χ4n) is 1.40. The van der Waals surface area contributed by atoms with Gasteiger partial charge in [-0.15, -0.1) is 0 Å². The number of ether oxygens (including phenoxy) is 2. The molecule has 2 N–H and O–H groups in total. The van der Waals surface area contributed by atoms with E-state index in [2.05, 4.69) is 10.2 Å². The molecule has 0 saturated carbocycles. The third-order valence-electron chi connectivity index (χ3n) is 3.09. The predicted octanol–water partition coefficient (Wildman–Crippen LogP) is 1.01. The molecule has 1 heterocycles. The summed E-state index contributed by atoms with van der Waals surface area (Å²) in [6.07, 6.45) is 0. The lowest BCUT2D eigenvalue weighted by Gasteiger charge is -2.56. The summed E-state index contributed by atoms with van der Waals surface area (Å²) in [6.45, 7) is 10.2. The van der Waals surface area contributed by atoms with Crippen molar-refractivity contribution in [3.8, 4) is 0 Å². The Bertz CT molecular complexity index is 254. The van der Waals surface area contributed by atoms with Gasteiger partial charge in [0.25, 0.3) is 0 Å². The molecule has 84 valence electrons. The molecule has 1 aliphatic rings. The standard InChI is InChI=1S/C10H20O4/c1-7(2)9(5,11)14-8(3,4)10(6,12)13-7/h11-12H,1-6H3/i11D,12D. The van der Waals surface area contributed by atoms with Gasteiger partial charge in [-0.25, -0.2) is 0 Å². The molecular weight excluding hydrogens is 184 g/mol. The van der Waals surface area contributed by atoms with Crippen LogP contribution in [-0.4, -0.2) is 35.9 Å². The summed E-state index contributed by atoms with van der Waals surface area (Å²) in [5, 5.41) is 9.31. The fraction of sp³-hybridized carbons (Fsp3) is 1.00. The second kappa shape index (κ2) is 2.70. The molecule has 14 heavy (non-hydrogen) atoms. The van der Waals surface area contributed by atoms with Crippen LogP contribution in [0.3, 0.4) is 0 Å². The molecule has 0 aliphatic carbocycles. The molecule has 0 radical (unpaired) electrons. The monoisotopic (exact) mass is 206 g/mol. The Morgan fingerprint density at radius 1 is 0.786 bits per heavy atom. The molecule has 0 aromatic heterocycles. The second-order valence-corrected chi connectivity index (χ2v) is 5.12. The zero-order valence-corrected chi connectivity index (χ0v) is 9.63. The quantitative estimate of drug-likeness (QED) is 0.708. The topological polar surface area (TPSA) is 58.9 Å². The zero-order valence-electron chi connectivity index (χ0n) is 11.6. The maximum Gasteiger partial charge on any atom is 0.214 e. The second-order valence-electron chi connectivity index (χ2n) is 5.12. The molecule has 0 amide bonds. The first-order valence-corrected chi connectivity index (χ1v) is 4.72. The van der Waals surface area contributed by atoms with Crippen LogP contribution < -0.4 is 0 Å². The van der Waals surface area contributed by atoms with Crippen LogP contribution in [0.15, 0.2) is 0 Å². The Balaban J connectivity index is 3.14. The van der Waals surface area contributed by atoms with Gasteiger partial charge in [-0.1, -0.05) is 0 Å². The average molecular weight is 206 g/mol. The van der Waals surface area contributed by atoms with Gasteiger partial charge in [-0.05, 0) is 41.5 Å². The molecule has 1 saturated heterocycles. The summed E-state index contributed by atoms with van der Waals surface area (Å²) in [5.74, 6) is -2.43. The van der Waals surface area contributed by atoms with Crippen molar-refractivity contribution in [3.63, 3.8) is 0 Å². The van der Waals surface area contributed by atoms with Crippen molar-refractivity contribution in [1.29, 1.82) is 2.86 Å². The maximum atomic E-state index is 7.12. The maximum absolute atomic E-state index is 7.12. The molecule has 4 nitrogen and oxygen atoms in total. The van der Waals surface area contributed by atoms with Gasteiger partial charge in [0.15, 0.2) is 11.6 Å². The third kappa shape index (κ3) is 1.56. The van der Waals surface area contributed by atoms with Crippen molar-refractivity contribution < 1.29 is 19.7 Å². The molecule has 1 aliphatic heterocycles. The first kappa shape index (κ1) is 9.09. The highest BCUT2D eigenvalue weighted by atomic mass is 16.8. The summed E-state index contributed by atoms with van der Waals surface area (Å²) in [7, 11) is 0. The molecular formula is C10H20O4. The van der Waals surface area contributed by atoms with Gasteiger partial charge >= 0.3 is 0 Å². The predicted molar refractivity (Wildman–Crippen MR) is 51.6 cm³/mol. The van der Waals surface area contributed by atoms with Gasteiger partial charge in [0, 0.05) is 0 Å². The fourth-order valence-corrected chi connectivity index (χ4v) is 1.40. The normalized spacial score (nSPS) is 48.1. The van der Waals surface area contributed by atoms with Crippen molar-refractivity contribution in [2.75, 3.05) is 0 Å². The van der Waals surface area contributed by atoms with Crippen LogP contribution in [0.2, 0.25) is 0 Å². The minimum Gasteiger partial charge on any atom is -0.363 e. The summed E-state index contributed by atoms with van der Waals surface area (Å²) >= 11 is 0. The Morgan fingerprint density at radius 2 is 1.07 bits per heavy atom. The molecule has 2 atom stereocenters. The van der Waals surface area contributed by atoms with E-state index < -0.39 is 22.8 Å².